The molecule has 11 nitrogen and oxygen atoms in total. The number of carbonyl (C=O) groups is 1. The molecule has 8 atom stereocenters. The SMILES string of the molecule is NC1=NC23CCCCCC(C4OC(COP(=O)([O-])O)C(O)C4O)(CC(C=C1)C2)NC3=O. The van der Waals surface area contributed by atoms with Gasteiger partial charge in [0.25, 0.3) is 7.82 Å². The molecule has 12 heteroatoms. The monoisotopic (exact) mass is 458 g/mol. The van der Waals surface area contributed by atoms with E-state index >= 15 is 0 Å². The third kappa shape index (κ3) is 4.45. The predicted molar refractivity (Wildman–Crippen MR) is 107 cm³/mol. The average Bonchev–Trinajstić information content (AvgIpc) is 2.83. The van der Waals surface area contributed by atoms with Gasteiger partial charge in [-0.1, -0.05) is 25.3 Å². The van der Waals surface area contributed by atoms with Crippen molar-refractivity contribution in [3.05, 3.63) is 12.2 Å². The minimum atomic E-state index is -5.02. The van der Waals surface area contributed by atoms with Crippen LogP contribution < -0.4 is 15.9 Å². The van der Waals surface area contributed by atoms with Crippen molar-refractivity contribution < 1.29 is 38.6 Å². The number of aliphatic hydroxyl groups is 2. The summed E-state index contributed by atoms with van der Waals surface area (Å²) in [5.41, 5.74) is 4.01. The van der Waals surface area contributed by atoms with Crippen LogP contribution in [0.15, 0.2) is 17.1 Å². The van der Waals surface area contributed by atoms with E-state index < -0.39 is 49.9 Å². The Bertz CT molecular complexity index is 831. The molecule has 0 radical (unpaired) electrons. The van der Waals surface area contributed by atoms with E-state index in [9.17, 15) is 24.5 Å². The summed E-state index contributed by atoms with van der Waals surface area (Å²) in [4.78, 5) is 37.9. The van der Waals surface area contributed by atoms with Gasteiger partial charge in [-0.3, -0.25) is 14.4 Å². The number of amidine groups is 1. The van der Waals surface area contributed by atoms with E-state index in [0.29, 0.717) is 31.5 Å². The van der Waals surface area contributed by atoms with Crippen molar-refractivity contribution in [1.82, 2.24) is 5.32 Å². The van der Waals surface area contributed by atoms with Crippen LogP contribution in [0.2, 0.25) is 0 Å². The van der Waals surface area contributed by atoms with Gasteiger partial charge in [0.1, 0.15) is 35.8 Å². The molecule has 1 spiro atoms. The van der Waals surface area contributed by atoms with E-state index in [1.165, 1.54) is 0 Å². The molecule has 4 aliphatic rings. The number of carbonyl (C=O) groups excluding carboxylic acids is 1. The standard InChI is InChI=1S/C19H30N3O8P/c20-13-5-4-11-8-18(6-2-1-3-7-19(9-11,21-13)17(25)22-18)16-15(24)14(23)12(30-16)10-29-31(26,27)28/h4-5,11-12,14-16,23-24H,1-3,6-10H2,(H2,20,21)(H,22,25)(H2,26,27,28)/p-1. The number of hydrogen-bond donors (Lipinski definition) is 5. The highest BCUT2D eigenvalue weighted by molar-refractivity contribution is 7.44. The van der Waals surface area contributed by atoms with Gasteiger partial charge in [-0.15, -0.1) is 0 Å². The molecule has 0 aromatic heterocycles. The van der Waals surface area contributed by atoms with Crippen LogP contribution in [-0.4, -0.2) is 68.9 Å². The highest BCUT2D eigenvalue weighted by Crippen LogP contribution is 2.45. The summed E-state index contributed by atoms with van der Waals surface area (Å²) in [7, 11) is -5.02. The van der Waals surface area contributed by atoms with Gasteiger partial charge in [0.15, 0.2) is 0 Å². The Morgan fingerprint density at radius 1 is 1.29 bits per heavy atom. The number of amides is 1. The van der Waals surface area contributed by atoms with Crippen molar-refractivity contribution in [3.63, 3.8) is 0 Å². The first-order valence-corrected chi connectivity index (χ1v) is 12.1. The van der Waals surface area contributed by atoms with Crippen molar-refractivity contribution in [2.24, 2.45) is 16.6 Å². The molecule has 174 valence electrons. The molecule has 0 aromatic carbocycles. The summed E-state index contributed by atoms with van der Waals surface area (Å²) in [6.07, 6.45) is 3.07. The number of nitrogens with zero attached hydrogens (tertiary/aromatic N) is 1. The van der Waals surface area contributed by atoms with Crippen LogP contribution in [0.5, 0.6) is 0 Å². The lowest BCUT2D eigenvalue weighted by Gasteiger charge is -2.41. The second-order valence-corrected chi connectivity index (χ2v) is 10.3. The lowest BCUT2D eigenvalue weighted by Crippen LogP contribution is -2.62. The van der Waals surface area contributed by atoms with Crippen LogP contribution >= 0.6 is 7.82 Å². The summed E-state index contributed by atoms with van der Waals surface area (Å²) in [6.45, 7) is -0.649. The molecule has 4 aliphatic heterocycles. The second-order valence-electron chi connectivity index (χ2n) is 9.11. The maximum Gasteiger partial charge on any atom is 0.265 e. The number of nitrogens with one attached hydrogen (secondary N) is 1. The Hall–Kier alpha value is -1.33. The highest BCUT2D eigenvalue weighted by atomic mass is 31.2. The van der Waals surface area contributed by atoms with E-state index in [4.69, 9.17) is 15.4 Å². The van der Waals surface area contributed by atoms with Crippen LogP contribution in [-0.2, 0) is 18.6 Å². The Morgan fingerprint density at radius 3 is 2.77 bits per heavy atom. The van der Waals surface area contributed by atoms with Crippen LogP contribution in [0, 0.1) is 5.92 Å². The normalized spacial score (nSPS) is 44.8. The average molecular weight is 458 g/mol. The van der Waals surface area contributed by atoms with Crippen LogP contribution in [0.3, 0.4) is 0 Å². The Balaban J connectivity index is 1.67. The minimum absolute atomic E-state index is 0.0654. The lowest BCUT2D eigenvalue weighted by molar-refractivity contribution is -0.222. The number of aliphatic hydroxyl groups excluding tert-OH is 2. The predicted octanol–water partition coefficient (Wildman–Crippen LogP) is -1.15. The van der Waals surface area contributed by atoms with E-state index in [1.54, 1.807) is 6.08 Å². The molecule has 3 bridgehead atoms. The Labute approximate surface area is 179 Å². The number of phosphoric ester groups is 1. The largest absolute Gasteiger partial charge is 0.756 e. The Kier molecular flexibility index (Phi) is 6.06. The number of nitrogens with two attached hydrogens (primary N) is 1. The van der Waals surface area contributed by atoms with Crippen LogP contribution in [0.25, 0.3) is 0 Å². The summed E-state index contributed by atoms with van der Waals surface area (Å²) < 4.78 is 21.2. The van der Waals surface area contributed by atoms with Crippen molar-refractivity contribution in [3.8, 4) is 0 Å². The van der Waals surface area contributed by atoms with Gasteiger partial charge in [0, 0.05) is 0 Å². The van der Waals surface area contributed by atoms with Gasteiger partial charge in [0.2, 0.25) is 5.91 Å². The summed E-state index contributed by atoms with van der Waals surface area (Å²) in [5, 5.41) is 24.4. The fraction of sp³-hybridized carbons (Fsp3) is 0.789. The Morgan fingerprint density at radius 2 is 2.03 bits per heavy atom. The van der Waals surface area contributed by atoms with E-state index in [0.717, 1.165) is 19.3 Å². The fourth-order valence-corrected chi connectivity index (χ4v) is 5.86. The minimum Gasteiger partial charge on any atom is -0.756 e. The van der Waals surface area contributed by atoms with Gasteiger partial charge in [0.05, 0.1) is 12.1 Å². The molecule has 4 rings (SSSR count). The molecule has 8 unspecified atom stereocenters. The summed E-state index contributed by atoms with van der Waals surface area (Å²) >= 11 is 0. The maximum atomic E-state index is 13.5. The van der Waals surface area contributed by atoms with Gasteiger partial charge >= 0.3 is 0 Å². The molecule has 31 heavy (non-hydrogen) atoms. The van der Waals surface area contributed by atoms with Gasteiger partial charge < -0.3 is 40.3 Å². The van der Waals surface area contributed by atoms with Crippen LogP contribution in [0.4, 0.5) is 0 Å². The number of fused-ring (bicyclic) bond motifs is 3. The van der Waals surface area contributed by atoms with E-state index in [2.05, 4.69) is 14.8 Å². The molecule has 3 fully saturated rings. The van der Waals surface area contributed by atoms with Gasteiger partial charge in [-0.25, -0.2) is 0 Å². The number of aliphatic imine (C=N–C) groups is 1. The van der Waals surface area contributed by atoms with Gasteiger partial charge in [-0.05, 0) is 37.7 Å². The molecule has 1 amide bonds. The molecular weight excluding hydrogens is 429 g/mol. The van der Waals surface area contributed by atoms with Crippen molar-refractivity contribution in [2.75, 3.05) is 6.61 Å². The first kappa shape index (κ1) is 22.8. The van der Waals surface area contributed by atoms with Crippen molar-refractivity contribution in [1.29, 1.82) is 0 Å². The number of allylic oxidation sites excluding steroid dienone is 1. The number of ether oxygens (including phenoxy) is 1. The first-order valence-electron chi connectivity index (χ1n) is 10.6. The van der Waals surface area contributed by atoms with E-state index in [1.807, 2.05) is 6.08 Å². The van der Waals surface area contributed by atoms with Crippen molar-refractivity contribution >= 4 is 19.6 Å². The molecule has 0 aromatic rings. The second kappa shape index (κ2) is 8.22. The molecule has 0 saturated carbocycles. The maximum absolute atomic E-state index is 13.5. The molecule has 0 aliphatic carbocycles. The zero-order chi connectivity index (χ0) is 22.4. The third-order valence-corrected chi connectivity index (χ3v) is 7.39. The van der Waals surface area contributed by atoms with Gasteiger partial charge in [-0.2, -0.15) is 0 Å². The zero-order valence-electron chi connectivity index (χ0n) is 17.1. The molecular formula is C19H29N3O8P-. The fourth-order valence-electron chi connectivity index (χ4n) is 5.52. The van der Waals surface area contributed by atoms with Crippen LogP contribution in [0.1, 0.15) is 44.9 Å². The zero-order valence-corrected chi connectivity index (χ0v) is 17.9. The summed E-state index contributed by atoms with van der Waals surface area (Å²) in [5.74, 6) is -0.0439. The van der Waals surface area contributed by atoms with Crippen molar-refractivity contribution in [2.45, 2.75) is 80.4 Å². The topological polar surface area (TPSA) is 187 Å². The third-order valence-electron chi connectivity index (χ3n) is 6.92. The number of phosphoric acid groups is 1. The first-order chi connectivity index (χ1) is 14.5. The quantitative estimate of drug-likeness (QED) is 0.324. The molecule has 3 saturated heterocycles. The lowest BCUT2D eigenvalue weighted by atomic mass is 9.74. The number of hydrogen-bond acceptors (Lipinski definition) is 9. The molecule has 4 heterocycles. The molecule has 6 N–H and O–H groups in total. The summed E-state index contributed by atoms with van der Waals surface area (Å²) in [6, 6.07) is 0. The highest BCUT2D eigenvalue weighted by Gasteiger charge is 2.58. The van der Waals surface area contributed by atoms with E-state index in [-0.39, 0.29) is 11.8 Å². The smallest absolute Gasteiger partial charge is 0.265 e. The number of rotatable bonds is 4.